The molecule has 0 saturated heterocycles. The Morgan fingerprint density at radius 1 is 1.22 bits per heavy atom. The van der Waals surface area contributed by atoms with E-state index < -0.39 is 5.91 Å². The number of halogens is 1. The van der Waals surface area contributed by atoms with Crippen LogP contribution in [0.3, 0.4) is 0 Å². The summed E-state index contributed by atoms with van der Waals surface area (Å²) in [5.74, 6) is -0.454. The van der Waals surface area contributed by atoms with Gasteiger partial charge in [0.1, 0.15) is 5.71 Å². The van der Waals surface area contributed by atoms with Crippen LogP contribution in [0.1, 0.15) is 21.5 Å². The van der Waals surface area contributed by atoms with Gasteiger partial charge in [-0.3, -0.25) is 4.79 Å². The molecule has 0 radical (unpaired) electrons. The van der Waals surface area contributed by atoms with E-state index in [0.29, 0.717) is 21.7 Å². The Kier molecular flexibility index (Phi) is 5.45. The van der Waals surface area contributed by atoms with Crippen molar-refractivity contribution in [2.24, 2.45) is 10.3 Å². The Morgan fingerprint density at radius 2 is 1.96 bits per heavy atom. The molecule has 0 unspecified atom stereocenters. The summed E-state index contributed by atoms with van der Waals surface area (Å²) in [6.07, 6.45) is 1.08. The summed E-state index contributed by atoms with van der Waals surface area (Å²) in [7, 11) is 0. The smallest absolute Gasteiger partial charge is 0.271 e. The highest BCUT2D eigenvalue weighted by Crippen LogP contribution is 2.10. The minimum Gasteiger partial charge on any atom is -0.411 e. The number of amides is 1. The van der Waals surface area contributed by atoms with Crippen LogP contribution in [0.5, 0.6) is 0 Å². The van der Waals surface area contributed by atoms with Crippen molar-refractivity contribution >= 4 is 29.4 Å². The zero-order valence-corrected chi connectivity index (χ0v) is 12.5. The summed E-state index contributed by atoms with van der Waals surface area (Å²) in [6, 6.07) is 14.8. The molecule has 0 saturated carbocycles. The predicted molar refractivity (Wildman–Crippen MR) is 86.9 cm³/mol. The molecule has 7 heteroatoms. The summed E-state index contributed by atoms with van der Waals surface area (Å²) >= 11 is 5.83. The van der Waals surface area contributed by atoms with E-state index in [4.69, 9.17) is 22.1 Å². The molecule has 2 N–H and O–H groups in total. The first-order valence-corrected chi connectivity index (χ1v) is 6.83. The maximum absolute atomic E-state index is 12.0. The van der Waals surface area contributed by atoms with Crippen LogP contribution >= 0.6 is 11.6 Å². The fourth-order valence-corrected chi connectivity index (χ4v) is 1.93. The fourth-order valence-electron chi connectivity index (χ4n) is 1.74. The van der Waals surface area contributed by atoms with Crippen molar-refractivity contribution in [1.82, 2.24) is 5.43 Å². The van der Waals surface area contributed by atoms with Gasteiger partial charge in [0.25, 0.3) is 5.91 Å². The first kappa shape index (κ1) is 16.2. The van der Waals surface area contributed by atoms with E-state index in [-0.39, 0.29) is 5.71 Å². The number of nitrogens with one attached hydrogen (secondary N) is 1. The molecule has 0 aromatic heterocycles. The SMILES string of the molecule is N#Cc1ccc(C(C=NO)=NNC(=O)c2cccc(Cl)c2)cc1. The van der Waals surface area contributed by atoms with Gasteiger partial charge in [0.15, 0.2) is 0 Å². The minimum absolute atomic E-state index is 0.229. The van der Waals surface area contributed by atoms with E-state index >= 15 is 0 Å². The van der Waals surface area contributed by atoms with Crippen LogP contribution in [-0.2, 0) is 0 Å². The molecule has 0 aliphatic carbocycles. The Labute approximate surface area is 137 Å². The lowest BCUT2D eigenvalue weighted by Crippen LogP contribution is -2.20. The van der Waals surface area contributed by atoms with Crippen LogP contribution in [0.2, 0.25) is 5.02 Å². The van der Waals surface area contributed by atoms with Gasteiger partial charge in [-0.25, -0.2) is 5.43 Å². The third kappa shape index (κ3) is 4.40. The summed E-state index contributed by atoms with van der Waals surface area (Å²) in [5, 5.41) is 24.8. The van der Waals surface area contributed by atoms with Gasteiger partial charge < -0.3 is 5.21 Å². The van der Waals surface area contributed by atoms with Gasteiger partial charge >= 0.3 is 0 Å². The van der Waals surface area contributed by atoms with Crippen molar-refractivity contribution in [2.75, 3.05) is 0 Å². The molecule has 2 rings (SSSR count). The lowest BCUT2D eigenvalue weighted by molar-refractivity contribution is 0.0955. The zero-order valence-electron chi connectivity index (χ0n) is 11.8. The van der Waals surface area contributed by atoms with Crippen molar-refractivity contribution in [3.63, 3.8) is 0 Å². The molecule has 0 spiro atoms. The highest BCUT2D eigenvalue weighted by Gasteiger charge is 2.07. The first-order chi connectivity index (χ1) is 11.1. The molecule has 0 atom stereocenters. The van der Waals surface area contributed by atoms with Gasteiger partial charge in [0.05, 0.1) is 17.8 Å². The molecule has 0 aliphatic rings. The number of carbonyl (C=O) groups excluding carboxylic acids is 1. The average molecular weight is 327 g/mol. The molecule has 0 heterocycles. The highest BCUT2D eigenvalue weighted by molar-refractivity contribution is 6.38. The van der Waals surface area contributed by atoms with Crippen LogP contribution in [0, 0.1) is 11.3 Å². The predicted octanol–water partition coefficient (Wildman–Crippen LogP) is 2.81. The summed E-state index contributed by atoms with van der Waals surface area (Å²) in [4.78, 5) is 12.0. The zero-order chi connectivity index (χ0) is 16.7. The van der Waals surface area contributed by atoms with Gasteiger partial charge in [-0.05, 0) is 30.3 Å². The molecule has 6 nitrogen and oxygen atoms in total. The second-order valence-electron chi connectivity index (χ2n) is 4.38. The molecule has 0 aliphatic heterocycles. The van der Waals surface area contributed by atoms with Crippen molar-refractivity contribution in [3.8, 4) is 6.07 Å². The molecule has 114 valence electrons. The van der Waals surface area contributed by atoms with E-state index in [1.807, 2.05) is 6.07 Å². The number of hydrazone groups is 1. The number of nitrogens with zero attached hydrogens (tertiary/aromatic N) is 3. The van der Waals surface area contributed by atoms with E-state index in [1.54, 1.807) is 42.5 Å². The fraction of sp³-hybridized carbons (Fsp3) is 0. The standard InChI is InChI=1S/C16H11ClN4O2/c17-14-3-1-2-13(8-14)16(22)21-20-15(10-19-23)12-6-4-11(9-18)5-7-12/h1-8,10,23H,(H,21,22). The summed E-state index contributed by atoms with van der Waals surface area (Å²) in [5.41, 5.74) is 4.00. The highest BCUT2D eigenvalue weighted by atomic mass is 35.5. The summed E-state index contributed by atoms with van der Waals surface area (Å²) < 4.78 is 0. The van der Waals surface area contributed by atoms with E-state index in [1.165, 1.54) is 6.07 Å². The van der Waals surface area contributed by atoms with Gasteiger partial charge in [0.2, 0.25) is 0 Å². The maximum atomic E-state index is 12.0. The van der Waals surface area contributed by atoms with Gasteiger partial charge in [-0.1, -0.05) is 35.0 Å². The van der Waals surface area contributed by atoms with Crippen molar-refractivity contribution in [1.29, 1.82) is 5.26 Å². The topological polar surface area (TPSA) is 97.8 Å². The van der Waals surface area contributed by atoms with Crippen molar-refractivity contribution in [2.45, 2.75) is 0 Å². The number of benzene rings is 2. The molecule has 23 heavy (non-hydrogen) atoms. The molecular formula is C16H11ClN4O2. The quantitative estimate of drug-likeness (QED) is 0.513. The Balaban J connectivity index is 2.21. The van der Waals surface area contributed by atoms with Crippen LogP contribution in [0.25, 0.3) is 0 Å². The maximum Gasteiger partial charge on any atom is 0.271 e. The van der Waals surface area contributed by atoms with Crippen molar-refractivity contribution < 1.29 is 10.0 Å². The lowest BCUT2D eigenvalue weighted by Gasteiger charge is -2.03. The second kappa shape index (κ2) is 7.73. The largest absolute Gasteiger partial charge is 0.411 e. The minimum atomic E-state index is -0.454. The van der Waals surface area contributed by atoms with Crippen LogP contribution in [-0.4, -0.2) is 23.0 Å². The van der Waals surface area contributed by atoms with Crippen molar-refractivity contribution in [3.05, 3.63) is 70.2 Å². The number of hydrogen-bond acceptors (Lipinski definition) is 5. The molecule has 2 aromatic carbocycles. The molecule has 0 bridgehead atoms. The number of oxime groups is 1. The Morgan fingerprint density at radius 3 is 2.57 bits per heavy atom. The molecule has 2 aromatic rings. The average Bonchev–Trinajstić information content (AvgIpc) is 2.58. The second-order valence-corrected chi connectivity index (χ2v) is 4.82. The van der Waals surface area contributed by atoms with E-state index in [9.17, 15) is 4.79 Å². The van der Waals surface area contributed by atoms with Gasteiger partial charge in [0, 0.05) is 16.1 Å². The first-order valence-electron chi connectivity index (χ1n) is 6.45. The van der Waals surface area contributed by atoms with Gasteiger partial charge in [-0.2, -0.15) is 10.4 Å². The number of rotatable bonds is 4. The molecule has 1 amide bonds. The third-order valence-corrected chi connectivity index (χ3v) is 3.09. The third-order valence-electron chi connectivity index (χ3n) is 2.85. The van der Waals surface area contributed by atoms with Crippen LogP contribution < -0.4 is 5.43 Å². The summed E-state index contributed by atoms with van der Waals surface area (Å²) in [6.45, 7) is 0. The molecule has 0 fully saturated rings. The number of hydrogen-bond donors (Lipinski definition) is 2. The Hall–Kier alpha value is -3.17. The van der Waals surface area contributed by atoms with Crippen LogP contribution in [0.15, 0.2) is 58.8 Å². The van der Waals surface area contributed by atoms with Crippen LogP contribution in [0.4, 0.5) is 0 Å². The molecular weight excluding hydrogens is 316 g/mol. The number of nitriles is 1. The van der Waals surface area contributed by atoms with E-state index in [2.05, 4.69) is 15.7 Å². The Bertz CT molecular complexity index is 808. The van der Waals surface area contributed by atoms with E-state index in [0.717, 1.165) is 6.21 Å². The van der Waals surface area contributed by atoms with Gasteiger partial charge in [-0.15, -0.1) is 0 Å². The monoisotopic (exact) mass is 326 g/mol. The lowest BCUT2D eigenvalue weighted by atomic mass is 10.1. The number of carbonyl (C=O) groups is 1. The normalized spacial score (nSPS) is 11.2.